The van der Waals surface area contributed by atoms with Gasteiger partial charge in [0.15, 0.2) is 0 Å². The first-order chi connectivity index (χ1) is 8.45. The average molecular weight is 317 g/mol. The smallest absolute Gasteiger partial charge is 0.407 e. The Hall–Kier alpha value is -1.14. The van der Waals surface area contributed by atoms with Crippen LogP contribution in [0.4, 0.5) is 4.79 Å². The zero-order chi connectivity index (χ0) is 13.7. The molecule has 0 fully saturated rings. The summed E-state index contributed by atoms with van der Waals surface area (Å²) in [5.74, 6) is 0.0400. The normalized spacial score (nSPS) is 12.5. The van der Waals surface area contributed by atoms with E-state index in [9.17, 15) is 15.0 Å². The highest BCUT2D eigenvalue weighted by Gasteiger charge is 2.25. The van der Waals surface area contributed by atoms with Crippen molar-refractivity contribution in [1.82, 2.24) is 9.88 Å². The highest BCUT2D eigenvalue weighted by atomic mass is 79.9. The number of carbonyl (C=O) groups is 1. The molecule has 0 saturated carbocycles. The lowest BCUT2D eigenvalue weighted by Gasteiger charge is -2.30. The van der Waals surface area contributed by atoms with Gasteiger partial charge in [-0.05, 0) is 34.0 Å². The van der Waals surface area contributed by atoms with Crippen molar-refractivity contribution in [3.8, 4) is 0 Å². The van der Waals surface area contributed by atoms with E-state index >= 15 is 0 Å². The van der Waals surface area contributed by atoms with E-state index in [1.54, 1.807) is 18.2 Å². The van der Waals surface area contributed by atoms with Crippen LogP contribution in [0.2, 0.25) is 0 Å². The van der Waals surface area contributed by atoms with Gasteiger partial charge in [-0.15, -0.1) is 0 Å². The SMILES string of the molecule is CC(C)C(CO)N(Cc1cccc(Br)n1)C(=O)O. The van der Waals surface area contributed by atoms with Crippen molar-refractivity contribution in [2.75, 3.05) is 6.61 Å². The van der Waals surface area contributed by atoms with Gasteiger partial charge in [0.25, 0.3) is 0 Å². The van der Waals surface area contributed by atoms with Crippen molar-refractivity contribution >= 4 is 22.0 Å². The van der Waals surface area contributed by atoms with Crippen LogP contribution in [0, 0.1) is 5.92 Å². The predicted molar refractivity (Wildman–Crippen MR) is 71.2 cm³/mol. The summed E-state index contributed by atoms with van der Waals surface area (Å²) in [5, 5.41) is 18.5. The van der Waals surface area contributed by atoms with Crippen molar-refractivity contribution in [2.45, 2.75) is 26.4 Å². The quantitative estimate of drug-likeness (QED) is 0.818. The third kappa shape index (κ3) is 3.96. The van der Waals surface area contributed by atoms with Gasteiger partial charge in [-0.3, -0.25) is 4.90 Å². The zero-order valence-electron chi connectivity index (χ0n) is 10.4. The third-order valence-corrected chi connectivity index (χ3v) is 3.15. The number of rotatable bonds is 5. The fourth-order valence-corrected chi connectivity index (χ4v) is 2.09. The van der Waals surface area contributed by atoms with E-state index in [2.05, 4.69) is 20.9 Å². The average Bonchev–Trinajstić information content (AvgIpc) is 2.28. The Kier molecular flexibility index (Phi) is 5.55. The number of amides is 1. The minimum absolute atomic E-state index is 0.0400. The van der Waals surface area contributed by atoms with Crippen molar-refractivity contribution in [3.63, 3.8) is 0 Å². The van der Waals surface area contributed by atoms with E-state index in [0.717, 1.165) is 0 Å². The Morgan fingerprint density at radius 2 is 2.17 bits per heavy atom. The molecule has 0 aliphatic carbocycles. The molecule has 18 heavy (non-hydrogen) atoms. The van der Waals surface area contributed by atoms with E-state index < -0.39 is 12.1 Å². The third-order valence-electron chi connectivity index (χ3n) is 2.71. The number of aliphatic hydroxyl groups excluding tert-OH is 1. The Balaban J connectivity index is 2.90. The van der Waals surface area contributed by atoms with Crippen molar-refractivity contribution in [3.05, 3.63) is 28.5 Å². The standard InChI is InChI=1S/C12H17BrN2O3/c1-8(2)10(7-16)15(12(17)18)6-9-4-3-5-11(13)14-9/h3-5,8,10,16H,6-7H2,1-2H3,(H,17,18). The lowest BCUT2D eigenvalue weighted by molar-refractivity contribution is 0.0732. The Morgan fingerprint density at radius 3 is 2.61 bits per heavy atom. The summed E-state index contributed by atoms with van der Waals surface area (Å²) in [5.41, 5.74) is 0.644. The first kappa shape index (κ1) is 14.9. The molecule has 0 radical (unpaired) electrons. The molecule has 1 aromatic heterocycles. The summed E-state index contributed by atoms with van der Waals surface area (Å²) >= 11 is 3.25. The molecule has 0 saturated heterocycles. The molecule has 1 amide bonds. The van der Waals surface area contributed by atoms with Crippen LogP contribution < -0.4 is 0 Å². The monoisotopic (exact) mass is 316 g/mol. The van der Waals surface area contributed by atoms with Crippen molar-refractivity contribution < 1.29 is 15.0 Å². The summed E-state index contributed by atoms with van der Waals surface area (Å²) in [6, 6.07) is 4.91. The molecule has 5 nitrogen and oxygen atoms in total. The highest BCUT2D eigenvalue weighted by molar-refractivity contribution is 9.10. The molecule has 6 heteroatoms. The van der Waals surface area contributed by atoms with Gasteiger partial charge in [-0.1, -0.05) is 19.9 Å². The maximum Gasteiger partial charge on any atom is 0.407 e. The van der Waals surface area contributed by atoms with E-state index in [-0.39, 0.29) is 19.1 Å². The molecule has 2 N–H and O–H groups in total. The number of carboxylic acid groups (broad SMARTS) is 1. The summed E-state index contributed by atoms with van der Waals surface area (Å²) in [7, 11) is 0. The van der Waals surface area contributed by atoms with Crippen LogP contribution in [0.15, 0.2) is 22.8 Å². The molecular formula is C12H17BrN2O3. The maximum absolute atomic E-state index is 11.3. The number of aliphatic hydroxyl groups is 1. The van der Waals surface area contributed by atoms with Crippen LogP contribution in [-0.2, 0) is 6.54 Å². The van der Waals surface area contributed by atoms with E-state index in [1.165, 1.54) is 4.90 Å². The van der Waals surface area contributed by atoms with Crippen LogP contribution in [0.5, 0.6) is 0 Å². The molecule has 0 bridgehead atoms. The molecule has 0 aliphatic heterocycles. The summed E-state index contributed by atoms with van der Waals surface area (Å²) in [6.45, 7) is 3.73. The molecule has 0 aromatic carbocycles. The minimum atomic E-state index is -1.05. The van der Waals surface area contributed by atoms with Gasteiger partial charge in [-0.25, -0.2) is 9.78 Å². The Labute approximate surface area is 115 Å². The molecule has 1 heterocycles. The van der Waals surface area contributed by atoms with Gasteiger partial charge < -0.3 is 10.2 Å². The molecule has 1 aromatic rings. The second-order valence-electron chi connectivity index (χ2n) is 4.36. The van der Waals surface area contributed by atoms with Crippen LogP contribution in [0.1, 0.15) is 19.5 Å². The summed E-state index contributed by atoms with van der Waals surface area (Å²) in [6.07, 6.45) is -1.05. The molecule has 0 spiro atoms. The highest BCUT2D eigenvalue weighted by Crippen LogP contribution is 2.15. The van der Waals surface area contributed by atoms with Crippen LogP contribution >= 0.6 is 15.9 Å². The summed E-state index contributed by atoms with van der Waals surface area (Å²) in [4.78, 5) is 16.7. The van der Waals surface area contributed by atoms with Crippen LogP contribution in [-0.4, -0.2) is 38.8 Å². The van der Waals surface area contributed by atoms with Gasteiger partial charge in [-0.2, -0.15) is 0 Å². The molecule has 1 unspecified atom stereocenters. The van der Waals surface area contributed by atoms with Crippen molar-refractivity contribution in [2.24, 2.45) is 5.92 Å². The van der Waals surface area contributed by atoms with Crippen LogP contribution in [0.25, 0.3) is 0 Å². The van der Waals surface area contributed by atoms with Gasteiger partial charge in [0.05, 0.1) is 24.9 Å². The van der Waals surface area contributed by atoms with Crippen LogP contribution in [0.3, 0.4) is 0 Å². The Morgan fingerprint density at radius 1 is 1.50 bits per heavy atom. The number of aromatic nitrogens is 1. The first-order valence-corrected chi connectivity index (χ1v) is 6.47. The largest absolute Gasteiger partial charge is 0.465 e. The second-order valence-corrected chi connectivity index (χ2v) is 5.17. The zero-order valence-corrected chi connectivity index (χ0v) is 12.0. The first-order valence-electron chi connectivity index (χ1n) is 5.67. The Bertz CT molecular complexity index is 412. The van der Waals surface area contributed by atoms with Gasteiger partial charge in [0, 0.05) is 0 Å². The number of hydrogen-bond acceptors (Lipinski definition) is 3. The summed E-state index contributed by atoms with van der Waals surface area (Å²) < 4.78 is 0.662. The van der Waals surface area contributed by atoms with E-state index in [1.807, 2.05) is 13.8 Å². The fraction of sp³-hybridized carbons (Fsp3) is 0.500. The van der Waals surface area contributed by atoms with Gasteiger partial charge in [0.1, 0.15) is 4.60 Å². The van der Waals surface area contributed by atoms with E-state index in [4.69, 9.17) is 0 Å². The fourth-order valence-electron chi connectivity index (χ4n) is 1.71. The topological polar surface area (TPSA) is 73.7 Å². The van der Waals surface area contributed by atoms with E-state index in [0.29, 0.717) is 10.3 Å². The second kappa shape index (κ2) is 6.70. The molecule has 1 rings (SSSR count). The lowest BCUT2D eigenvalue weighted by Crippen LogP contribution is -2.44. The van der Waals surface area contributed by atoms with Crippen molar-refractivity contribution in [1.29, 1.82) is 0 Å². The lowest BCUT2D eigenvalue weighted by atomic mass is 10.0. The molecule has 1 atom stereocenters. The molecule has 100 valence electrons. The number of halogens is 1. The minimum Gasteiger partial charge on any atom is -0.465 e. The number of nitrogens with zero attached hydrogens (tertiary/aromatic N) is 2. The van der Waals surface area contributed by atoms with Gasteiger partial charge >= 0.3 is 6.09 Å². The number of hydrogen-bond donors (Lipinski definition) is 2. The maximum atomic E-state index is 11.3. The predicted octanol–water partition coefficient (Wildman–Crippen LogP) is 2.34. The molecule has 0 aliphatic rings. The molecular weight excluding hydrogens is 300 g/mol. The number of pyridine rings is 1. The van der Waals surface area contributed by atoms with Gasteiger partial charge in [0.2, 0.25) is 0 Å².